The number of nitrogens with two attached hydrogens (primary N) is 1. The molecule has 3 amide bonds. The Balaban J connectivity index is 1.35. The van der Waals surface area contributed by atoms with E-state index < -0.39 is 0 Å². The highest BCUT2D eigenvalue weighted by Crippen LogP contribution is 2.33. The number of amides is 3. The van der Waals surface area contributed by atoms with Crippen LogP contribution in [0.15, 0.2) is 0 Å². The van der Waals surface area contributed by atoms with Crippen LogP contribution in [0.25, 0.3) is 0 Å². The Bertz CT molecular complexity index is 566. The standard InChI is InChI=1S/C21H39N5O4S/c22-24-13-7-1-3-11-19(28)30-14-8-2-6-12-23-18(27)10-5-4-9-17-20-16(15-31-17)25-21(29)26-20/h16-17,20,24H,1-15,22H2,(H,23,27)(H2,25,26,29)/t16-,17+,20-/m0/s1. The van der Waals surface area contributed by atoms with Gasteiger partial charge in [-0.3, -0.25) is 20.9 Å². The Hall–Kier alpha value is -1.52. The van der Waals surface area contributed by atoms with Gasteiger partial charge >= 0.3 is 12.0 Å². The average molecular weight is 458 g/mol. The van der Waals surface area contributed by atoms with Crippen molar-refractivity contribution < 1.29 is 19.1 Å². The van der Waals surface area contributed by atoms with Crippen LogP contribution in [0, 0.1) is 0 Å². The highest BCUT2D eigenvalue weighted by atomic mass is 32.2. The van der Waals surface area contributed by atoms with Gasteiger partial charge in [-0.2, -0.15) is 11.8 Å². The zero-order valence-corrected chi connectivity index (χ0v) is 19.3. The Morgan fingerprint density at radius 3 is 2.61 bits per heavy atom. The lowest BCUT2D eigenvalue weighted by Gasteiger charge is -2.16. The van der Waals surface area contributed by atoms with Gasteiger partial charge in [0, 0.05) is 36.9 Å². The number of urea groups is 1. The third-order valence-electron chi connectivity index (χ3n) is 5.69. The molecule has 2 rings (SSSR count). The molecular weight excluding hydrogens is 418 g/mol. The number of thioether (sulfide) groups is 1. The topological polar surface area (TPSA) is 135 Å². The maximum absolute atomic E-state index is 11.9. The van der Waals surface area contributed by atoms with Crippen LogP contribution in [-0.4, -0.2) is 60.7 Å². The van der Waals surface area contributed by atoms with Crippen LogP contribution in [0.1, 0.15) is 70.6 Å². The number of carbonyl (C=O) groups is 3. The van der Waals surface area contributed by atoms with E-state index in [9.17, 15) is 14.4 Å². The number of hydrazine groups is 1. The van der Waals surface area contributed by atoms with Gasteiger partial charge in [-0.15, -0.1) is 0 Å². The molecule has 2 aliphatic rings. The Morgan fingerprint density at radius 1 is 1.00 bits per heavy atom. The molecule has 6 N–H and O–H groups in total. The molecule has 0 unspecified atom stereocenters. The van der Waals surface area contributed by atoms with Crippen LogP contribution in [0.4, 0.5) is 4.79 Å². The SMILES string of the molecule is NNCCCCCC(=O)OCCCCCNC(=O)CCCC[C@H]1SC[C@@H]2NC(=O)N[C@@H]21. The summed E-state index contributed by atoms with van der Waals surface area (Å²) in [5.41, 5.74) is 2.60. The molecule has 0 aromatic rings. The zero-order valence-electron chi connectivity index (χ0n) is 18.5. The van der Waals surface area contributed by atoms with Crippen molar-refractivity contribution in [2.75, 3.05) is 25.4 Å². The van der Waals surface area contributed by atoms with Gasteiger partial charge in [-0.1, -0.05) is 12.8 Å². The van der Waals surface area contributed by atoms with Crippen molar-refractivity contribution in [2.45, 2.75) is 88.0 Å². The maximum Gasteiger partial charge on any atom is 0.315 e. The van der Waals surface area contributed by atoms with Crippen LogP contribution in [0.3, 0.4) is 0 Å². The van der Waals surface area contributed by atoms with E-state index in [1.165, 1.54) is 0 Å². The average Bonchev–Trinajstić information content (AvgIpc) is 3.29. The highest BCUT2D eigenvalue weighted by molar-refractivity contribution is 8.00. The molecule has 0 aliphatic carbocycles. The Morgan fingerprint density at radius 2 is 1.77 bits per heavy atom. The zero-order chi connectivity index (χ0) is 22.3. The van der Waals surface area contributed by atoms with E-state index in [2.05, 4.69) is 21.4 Å². The first-order valence-electron chi connectivity index (χ1n) is 11.6. The predicted molar refractivity (Wildman–Crippen MR) is 122 cm³/mol. The first kappa shape index (κ1) is 25.7. The number of nitrogens with one attached hydrogen (secondary N) is 4. The van der Waals surface area contributed by atoms with Crippen molar-refractivity contribution in [3.63, 3.8) is 0 Å². The van der Waals surface area contributed by atoms with Crippen molar-refractivity contribution in [2.24, 2.45) is 5.84 Å². The number of unbranched alkanes of at least 4 members (excludes halogenated alkanes) is 5. The summed E-state index contributed by atoms with van der Waals surface area (Å²) in [5, 5.41) is 9.37. The molecule has 2 heterocycles. The van der Waals surface area contributed by atoms with Crippen LogP contribution in [0.2, 0.25) is 0 Å². The molecule has 0 radical (unpaired) electrons. The minimum absolute atomic E-state index is 0.0511. The van der Waals surface area contributed by atoms with E-state index in [1.54, 1.807) is 0 Å². The smallest absolute Gasteiger partial charge is 0.315 e. The number of esters is 1. The second-order valence-electron chi connectivity index (χ2n) is 8.26. The lowest BCUT2D eigenvalue weighted by molar-refractivity contribution is -0.143. The van der Waals surface area contributed by atoms with Gasteiger partial charge in [0.15, 0.2) is 0 Å². The molecule has 178 valence electrons. The molecule has 2 fully saturated rings. The molecule has 0 spiro atoms. The van der Waals surface area contributed by atoms with Gasteiger partial charge in [-0.05, 0) is 44.9 Å². The van der Waals surface area contributed by atoms with Crippen LogP contribution < -0.4 is 27.2 Å². The second kappa shape index (κ2) is 15.3. The number of carbonyl (C=O) groups excluding carboxylic acids is 3. The fourth-order valence-electron chi connectivity index (χ4n) is 3.93. The van der Waals surface area contributed by atoms with E-state index in [1.807, 2.05) is 11.8 Å². The van der Waals surface area contributed by atoms with Crippen molar-refractivity contribution in [3.8, 4) is 0 Å². The summed E-state index contributed by atoms with van der Waals surface area (Å²) in [6.07, 6.45) is 9.34. The van der Waals surface area contributed by atoms with Crippen LogP contribution in [-0.2, 0) is 14.3 Å². The van der Waals surface area contributed by atoms with Gasteiger partial charge in [0.25, 0.3) is 0 Å². The molecule has 0 aromatic heterocycles. The molecular formula is C21H39N5O4S. The van der Waals surface area contributed by atoms with Crippen LogP contribution >= 0.6 is 11.8 Å². The van der Waals surface area contributed by atoms with Gasteiger partial charge in [0.2, 0.25) is 5.91 Å². The highest BCUT2D eigenvalue weighted by Gasteiger charge is 2.42. The minimum atomic E-state index is -0.132. The minimum Gasteiger partial charge on any atom is -0.466 e. The Kier molecular flexibility index (Phi) is 12.7. The van der Waals surface area contributed by atoms with E-state index >= 15 is 0 Å². The summed E-state index contributed by atoms with van der Waals surface area (Å²) < 4.78 is 5.22. The summed E-state index contributed by atoms with van der Waals surface area (Å²) >= 11 is 1.91. The number of ether oxygens (including phenoxy) is 1. The molecule has 0 aromatic carbocycles. The molecule has 0 bridgehead atoms. The fourth-order valence-corrected chi connectivity index (χ4v) is 5.47. The molecule has 2 aliphatic heterocycles. The summed E-state index contributed by atoms with van der Waals surface area (Å²) in [6, 6.07) is 0.452. The van der Waals surface area contributed by atoms with Gasteiger partial charge in [-0.25, -0.2) is 4.79 Å². The number of rotatable bonds is 17. The van der Waals surface area contributed by atoms with Gasteiger partial charge in [0.1, 0.15) is 0 Å². The maximum atomic E-state index is 11.9. The van der Waals surface area contributed by atoms with Crippen molar-refractivity contribution in [3.05, 3.63) is 0 Å². The van der Waals surface area contributed by atoms with Gasteiger partial charge in [0.05, 0.1) is 18.7 Å². The quantitative estimate of drug-likeness (QED) is 0.0735. The van der Waals surface area contributed by atoms with Crippen molar-refractivity contribution in [1.29, 1.82) is 0 Å². The molecule has 3 atom stereocenters. The largest absolute Gasteiger partial charge is 0.466 e. The van der Waals surface area contributed by atoms with E-state index in [0.717, 1.165) is 70.1 Å². The van der Waals surface area contributed by atoms with E-state index in [-0.39, 0.29) is 30.0 Å². The molecule has 10 heteroatoms. The number of fused-ring (bicyclic) bond motifs is 1. The number of hydrogen-bond donors (Lipinski definition) is 5. The lowest BCUT2D eigenvalue weighted by atomic mass is 10.0. The van der Waals surface area contributed by atoms with Crippen molar-refractivity contribution >= 4 is 29.7 Å². The summed E-state index contributed by atoms with van der Waals surface area (Å²) in [7, 11) is 0. The summed E-state index contributed by atoms with van der Waals surface area (Å²) in [6.45, 7) is 1.89. The molecule has 0 saturated carbocycles. The molecule has 9 nitrogen and oxygen atoms in total. The summed E-state index contributed by atoms with van der Waals surface area (Å²) in [4.78, 5) is 34.9. The first-order valence-corrected chi connectivity index (χ1v) is 12.7. The first-order chi connectivity index (χ1) is 15.1. The number of hydrogen-bond acceptors (Lipinski definition) is 7. The normalized spacial score (nSPS) is 22.0. The predicted octanol–water partition coefficient (Wildman–Crippen LogP) is 1.57. The molecule has 31 heavy (non-hydrogen) atoms. The Labute approximate surface area is 189 Å². The fraction of sp³-hybridized carbons (Fsp3) is 0.857. The lowest BCUT2D eigenvalue weighted by Crippen LogP contribution is -2.36. The third-order valence-corrected chi connectivity index (χ3v) is 7.20. The second-order valence-corrected chi connectivity index (χ2v) is 9.54. The van der Waals surface area contributed by atoms with E-state index in [0.29, 0.717) is 31.2 Å². The monoisotopic (exact) mass is 457 g/mol. The summed E-state index contributed by atoms with van der Waals surface area (Å²) in [5.74, 6) is 6.13. The van der Waals surface area contributed by atoms with Crippen LogP contribution in [0.5, 0.6) is 0 Å². The van der Waals surface area contributed by atoms with Crippen molar-refractivity contribution in [1.82, 2.24) is 21.4 Å². The molecule has 2 saturated heterocycles. The van der Waals surface area contributed by atoms with Gasteiger partial charge < -0.3 is 20.7 Å². The third kappa shape index (κ3) is 10.6. The van der Waals surface area contributed by atoms with E-state index in [4.69, 9.17) is 10.6 Å².